The van der Waals surface area contributed by atoms with Gasteiger partial charge in [0.25, 0.3) is 0 Å². The molecule has 2 aromatic carbocycles. The summed E-state index contributed by atoms with van der Waals surface area (Å²) in [5.41, 5.74) is 1.65. The van der Waals surface area contributed by atoms with E-state index in [0.717, 1.165) is 23.9 Å². The Morgan fingerprint density at radius 1 is 0.852 bits per heavy atom. The van der Waals surface area contributed by atoms with Crippen LogP contribution in [0.3, 0.4) is 0 Å². The van der Waals surface area contributed by atoms with Crippen LogP contribution in [0.5, 0.6) is 0 Å². The Morgan fingerprint density at radius 3 is 1.96 bits per heavy atom. The van der Waals surface area contributed by atoms with Gasteiger partial charge in [0.05, 0.1) is 11.0 Å². The molecule has 1 fully saturated rings. The first-order chi connectivity index (χ1) is 13.2. The number of rotatable bonds is 3. The molecule has 1 aliphatic carbocycles. The molecule has 0 saturated heterocycles. The second kappa shape index (κ2) is 7.95. The molecule has 1 heterocycles. The molecule has 0 aliphatic heterocycles. The standard InChI is InChI=1S/C23H26N2O2/c26-22(24-17-10-4-2-1-3-5-11-17)16-25-20-14-8-6-12-18(20)23(27)19-13-7-9-15-21(19)25/h6-9,12-15,17H,1-5,10-11,16H2,(H,24,26). The fraction of sp³-hybridized carbons (Fsp3) is 0.391. The number of aromatic nitrogens is 1. The molecule has 140 valence electrons. The predicted molar refractivity (Wildman–Crippen MR) is 110 cm³/mol. The van der Waals surface area contributed by atoms with Gasteiger partial charge in [-0.1, -0.05) is 56.4 Å². The van der Waals surface area contributed by atoms with E-state index in [2.05, 4.69) is 5.32 Å². The summed E-state index contributed by atoms with van der Waals surface area (Å²) in [7, 11) is 0. The zero-order valence-corrected chi connectivity index (χ0v) is 15.6. The third-order valence-electron chi connectivity index (χ3n) is 5.65. The van der Waals surface area contributed by atoms with Gasteiger partial charge in [0.15, 0.2) is 5.43 Å². The van der Waals surface area contributed by atoms with Gasteiger partial charge >= 0.3 is 0 Å². The second-order valence-electron chi connectivity index (χ2n) is 7.56. The van der Waals surface area contributed by atoms with Gasteiger partial charge in [0.1, 0.15) is 6.54 Å². The van der Waals surface area contributed by atoms with Crippen LogP contribution in [0.4, 0.5) is 0 Å². The highest BCUT2D eigenvalue weighted by atomic mass is 16.2. The van der Waals surface area contributed by atoms with Crippen LogP contribution in [0.15, 0.2) is 53.3 Å². The van der Waals surface area contributed by atoms with E-state index in [1.165, 1.54) is 32.1 Å². The molecule has 1 aliphatic rings. The normalized spacial score (nSPS) is 16.1. The van der Waals surface area contributed by atoms with Crippen molar-refractivity contribution in [3.8, 4) is 0 Å². The zero-order chi connectivity index (χ0) is 18.6. The predicted octanol–water partition coefficient (Wildman–Crippen LogP) is 4.38. The molecule has 1 saturated carbocycles. The molecule has 0 unspecified atom stereocenters. The number of nitrogens with zero attached hydrogens (tertiary/aromatic N) is 1. The molecule has 4 rings (SSSR count). The van der Waals surface area contributed by atoms with Crippen molar-refractivity contribution in [2.45, 2.75) is 57.5 Å². The van der Waals surface area contributed by atoms with Crippen LogP contribution in [0.25, 0.3) is 21.8 Å². The minimum absolute atomic E-state index is 0.0258. The summed E-state index contributed by atoms with van der Waals surface area (Å²) in [5, 5.41) is 4.57. The molecule has 0 spiro atoms. The topological polar surface area (TPSA) is 51.1 Å². The highest BCUT2D eigenvalue weighted by molar-refractivity contribution is 5.94. The lowest BCUT2D eigenvalue weighted by atomic mass is 9.97. The smallest absolute Gasteiger partial charge is 0.240 e. The molecule has 3 aromatic rings. The first-order valence-electron chi connectivity index (χ1n) is 10.0. The van der Waals surface area contributed by atoms with E-state index in [1.54, 1.807) is 0 Å². The Labute approximate surface area is 159 Å². The fourth-order valence-electron chi connectivity index (χ4n) is 4.26. The minimum Gasteiger partial charge on any atom is -0.352 e. The van der Waals surface area contributed by atoms with Crippen LogP contribution in [0.1, 0.15) is 44.9 Å². The van der Waals surface area contributed by atoms with Crippen molar-refractivity contribution >= 4 is 27.7 Å². The van der Waals surface area contributed by atoms with Crippen molar-refractivity contribution in [2.75, 3.05) is 0 Å². The minimum atomic E-state index is 0.0258. The number of benzene rings is 2. The van der Waals surface area contributed by atoms with E-state index >= 15 is 0 Å². The number of nitrogens with one attached hydrogen (secondary N) is 1. The molecule has 4 nitrogen and oxygen atoms in total. The lowest BCUT2D eigenvalue weighted by molar-refractivity contribution is -0.122. The van der Waals surface area contributed by atoms with Gasteiger partial charge in [-0.05, 0) is 37.1 Å². The summed E-state index contributed by atoms with van der Waals surface area (Å²) >= 11 is 0. The molecule has 1 N–H and O–H groups in total. The van der Waals surface area contributed by atoms with E-state index in [4.69, 9.17) is 0 Å². The van der Waals surface area contributed by atoms with Crippen LogP contribution in [-0.2, 0) is 11.3 Å². The average Bonchev–Trinajstić information content (AvgIpc) is 2.67. The molecule has 1 amide bonds. The van der Waals surface area contributed by atoms with E-state index in [1.807, 2.05) is 53.1 Å². The van der Waals surface area contributed by atoms with Crippen LogP contribution < -0.4 is 10.7 Å². The Kier molecular flexibility index (Phi) is 5.23. The Bertz CT molecular complexity index is 954. The highest BCUT2D eigenvalue weighted by Gasteiger charge is 2.16. The number of carbonyl (C=O) groups excluding carboxylic acids is 1. The molecule has 0 bridgehead atoms. The molecule has 1 aromatic heterocycles. The summed E-state index contributed by atoms with van der Waals surface area (Å²) in [5.74, 6) is 0.0273. The largest absolute Gasteiger partial charge is 0.352 e. The Balaban J connectivity index is 1.67. The number of para-hydroxylation sites is 2. The average molecular weight is 362 g/mol. The number of hydrogen-bond donors (Lipinski definition) is 1. The first-order valence-corrected chi connectivity index (χ1v) is 10.0. The lowest BCUT2D eigenvalue weighted by Crippen LogP contribution is -2.37. The number of pyridine rings is 1. The van der Waals surface area contributed by atoms with Gasteiger partial charge in [-0.3, -0.25) is 9.59 Å². The summed E-state index contributed by atoms with van der Waals surface area (Å²) in [6.07, 6.45) is 8.36. The maximum absolute atomic E-state index is 12.8. The zero-order valence-electron chi connectivity index (χ0n) is 15.6. The van der Waals surface area contributed by atoms with E-state index in [0.29, 0.717) is 10.8 Å². The van der Waals surface area contributed by atoms with Gasteiger partial charge in [0, 0.05) is 16.8 Å². The Hall–Kier alpha value is -2.62. The van der Waals surface area contributed by atoms with E-state index in [-0.39, 0.29) is 23.9 Å². The van der Waals surface area contributed by atoms with Gasteiger partial charge < -0.3 is 9.88 Å². The van der Waals surface area contributed by atoms with E-state index < -0.39 is 0 Å². The van der Waals surface area contributed by atoms with Crippen LogP contribution >= 0.6 is 0 Å². The van der Waals surface area contributed by atoms with Crippen LogP contribution in [0.2, 0.25) is 0 Å². The quantitative estimate of drug-likeness (QED) is 0.703. The summed E-state index contributed by atoms with van der Waals surface area (Å²) in [6.45, 7) is 0.234. The van der Waals surface area contributed by atoms with Gasteiger partial charge in [0.2, 0.25) is 5.91 Å². The molecule has 0 atom stereocenters. The molecule has 27 heavy (non-hydrogen) atoms. The van der Waals surface area contributed by atoms with Crippen LogP contribution in [-0.4, -0.2) is 16.5 Å². The van der Waals surface area contributed by atoms with Gasteiger partial charge in [-0.25, -0.2) is 0 Å². The number of hydrogen-bond acceptors (Lipinski definition) is 2. The number of fused-ring (bicyclic) bond motifs is 2. The third kappa shape index (κ3) is 3.75. The molecular weight excluding hydrogens is 336 g/mol. The van der Waals surface area contributed by atoms with Crippen molar-refractivity contribution < 1.29 is 4.79 Å². The monoisotopic (exact) mass is 362 g/mol. The molecular formula is C23H26N2O2. The SMILES string of the molecule is O=C(Cn1c2ccccc2c(=O)c2ccccc21)NC1CCCCCCC1. The lowest BCUT2D eigenvalue weighted by Gasteiger charge is -2.22. The van der Waals surface area contributed by atoms with Gasteiger partial charge in [-0.2, -0.15) is 0 Å². The maximum Gasteiger partial charge on any atom is 0.240 e. The van der Waals surface area contributed by atoms with Gasteiger partial charge in [-0.15, -0.1) is 0 Å². The summed E-state index contributed by atoms with van der Waals surface area (Å²) in [6, 6.07) is 15.4. The molecule has 4 heteroatoms. The first kappa shape index (κ1) is 17.8. The molecule has 0 radical (unpaired) electrons. The van der Waals surface area contributed by atoms with Crippen molar-refractivity contribution in [1.29, 1.82) is 0 Å². The fourth-order valence-corrected chi connectivity index (χ4v) is 4.26. The highest BCUT2D eigenvalue weighted by Crippen LogP contribution is 2.20. The number of carbonyl (C=O) groups is 1. The third-order valence-corrected chi connectivity index (χ3v) is 5.65. The Morgan fingerprint density at radius 2 is 1.37 bits per heavy atom. The summed E-state index contributed by atoms with van der Waals surface area (Å²) < 4.78 is 1.98. The summed E-state index contributed by atoms with van der Waals surface area (Å²) in [4.78, 5) is 25.6. The van der Waals surface area contributed by atoms with Crippen molar-refractivity contribution in [3.63, 3.8) is 0 Å². The van der Waals surface area contributed by atoms with E-state index in [9.17, 15) is 9.59 Å². The number of amides is 1. The van der Waals surface area contributed by atoms with Crippen molar-refractivity contribution in [3.05, 3.63) is 58.8 Å². The van der Waals surface area contributed by atoms with Crippen molar-refractivity contribution in [2.24, 2.45) is 0 Å². The van der Waals surface area contributed by atoms with Crippen LogP contribution in [0, 0.1) is 0 Å². The maximum atomic E-state index is 12.8. The second-order valence-corrected chi connectivity index (χ2v) is 7.56. The van der Waals surface area contributed by atoms with Crippen molar-refractivity contribution in [1.82, 2.24) is 9.88 Å².